The number of rotatable bonds is 9. The van der Waals surface area contributed by atoms with Gasteiger partial charge in [0, 0.05) is 16.8 Å². The number of benzene rings is 2. The highest BCUT2D eigenvalue weighted by Crippen LogP contribution is 2.31. The number of nitrogens with zero attached hydrogens (tertiary/aromatic N) is 5. The summed E-state index contributed by atoms with van der Waals surface area (Å²) in [6.07, 6.45) is -2.06. The maximum Gasteiger partial charge on any atom is 0.416 e. The molecule has 0 saturated carbocycles. The van der Waals surface area contributed by atoms with Gasteiger partial charge in [0.05, 0.1) is 23.4 Å². The van der Waals surface area contributed by atoms with E-state index in [9.17, 15) is 13.2 Å². The van der Waals surface area contributed by atoms with Crippen LogP contribution in [0.2, 0.25) is 0 Å². The van der Waals surface area contributed by atoms with Crippen molar-refractivity contribution in [2.75, 3.05) is 6.61 Å². The highest BCUT2D eigenvalue weighted by atomic mass is 19.4. The lowest BCUT2D eigenvalue weighted by atomic mass is 10.1. The highest BCUT2D eigenvalue weighted by molar-refractivity contribution is 5.79. The van der Waals surface area contributed by atoms with Crippen LogP contribution < -0.4 is 9.57 Å². The van der Waals surface area contributed by atoms with E-state index in [1.54, 1.807) is 12.1 Å². The third-order valence-corrected chi connectivity index (χ3v) is 4.65. The molecule has 10 heteroatoms. The quantitative estimate of drug-likeness (QED) is 0.360. The standard InChI is InChI=1S/C22H20F3N5O2/c23-22(24,25)17-10-12-20-16(14-17)9-11-18(26-20)15-32-30-28-21(27-29-30)8-4-5-13-31-19-6-2-1-3-7-19/h1-3,6-7,9-12,14H,4-5,8,13,15H2. The fourth-order valence-electron chi connectivity index (χ4n) is 3.02. The zero-order valence-corrected chi connectivity index (χ0v) is 17.0. The Bertz CT molecular complexity index is 1170. The molecule has 0 aliphatic carbocycles. The van der Waals surface area contributed by atoms with Crippen LogP contribution in [0.4, 0.5) is 13.2 Å². The Labute approximate surface area is 181 Å². The number of fused-ring (bicyclic) bond motifs is 1. The second-order valence-corrected chi connectivity index (χ2v) is 7.06. The molecular weight excluding hydrogens is 423 g/mol. The van der Waals surface area contributed by atoms with E-state index in [2.05, 4.69) is 20.4 Å². The van der Waals surface area contributed by atoms with Crippen LogP contribution in [0.1, 0.15) is 29.9 Å². The average Bonchev–Trinajstić information content (AvgIpc) is 3.25. The van der Waals surface area contributed by atoms with E-state index in [0.717, 1.165) is 35.7 Å². The first-order valence-corrected chi connectivity index (χ1v) is 10.0. The molecule has 0 aliphatic rings. The number of tetrazole rings is 1. The number of unbranched alkanes of at least 4 members (excludes halogenated alkanes) is 1. The molecule has 0 bridgehead atoms. The molecular formula is C22H20F3N5O2. The van der Waals surface area contributed by atoms with Gasteiger partial charge >= 0.3 is 6.18 Å². The third-order valence-electron chi connectivity index (χ3n) is 4.65. The van der Waals surface area contributed by atoms with Gasteiger partial charge in [0.1, 0.15) is 5.75 Å². The summed E-state index contributed by atoms with van der Waals surface area (Å²) in [5.74, 6) is 1.39. The molecule has 0 radical (unpaired) electrons. The molecule has 0 atom stereocenters. The number of hydrogen-bond acceptors (Lipinski definition) is 6. The van der Waals surface area contributed by atoms with E-state index >= 15 is 0 Å². The predicted molar refractivity (Wildman–Crippen MR) is 110 cm³/mol. The molecule has 0 aliphatic heterocycles. The Hall–Kier alpha value is -3.69. The van der Waals surface area contributed by atoms with E-state index in [4.69, 9.17) is 9.57 Å². The second kappa shape index (κ2) is 9.63. The van der Waals surface area contributed by atoms with Crippen LogP contribution in [-0.4, -0.2) is 32.0 Å². The Morgan fingerprint density at radius 2 is 1.78 bits per heavy atom. The molecule has 4 rings (SSSR count). The predicted octanol–water partition coefficient (Wildman–Crippen LogP) is 4.27. The minimum Gasteiger partial charge on any atom is -0.494 e. The van der Waals surface area contributed by atoms with Gasteiger partial charge in [0.25, 0.3) is 0 Å². The summed E-state index contributed by atoms with van der Waals surface area (Å²) < 4.78 is 44.1. The number of aromatic nitrogens is 5. The summed E-state index contributed by atoms with van der Waals surface area (Å²) in [5.41, 5.74) is 0.278. The van der Waals surface area contributed by atoms with Crippen molar-refractivity contribution in [2.24, 2.45) is 0 Å². The molecule has 0 unspecified atom stereocenters. The van der Waals surface area contributed by atoms with Gasteiger partial charge in [-0.15, -0.1) is 5.10 Å². The third kappa shape index (κ3) is 5.71. The molecule has 0 N–H and O–H groups in total. The molecule has 7 nitrogen and oxygen atoms in total. The number of ether oxygens (including phenoxy) is 1. The molecule has 4 aromatic rings. The van der Waals surface area contributed by atoms with Crippen molar-refractivity contribution >= 4 is 10.9 Å². The Balaban J connectivity index is 1.24. The Morgan fingerprint density at radius 3 is 2.59 bits per heavy atom. The number of para-hydroxylation sites is 1. The lowest BCUT2D eigenvalue weighted by Gasteiger charge is -2.08. The van der Waals surface area contributed by atoms with E-state index in [1.165, 1.54) is 6.07 Å². The van der Waals surface area contributed by atoms with E-state index in [-0.39, 0.29) is 6.61 Å². The zero-order chi connectivity index (χ0) is 22.4. The van der Waals surface area contributed by atoms with Crippen molar-refractivity contribution in [1.29, 1.82) is 0 Å². The fraction of sp³-hybridized carbons (Fsp3) is 0.273. The van der Waals surface area contributed by atoms with Crippen molar-refractivity contribution in [3.63, 3.8) is 0 Å². The first kappa shape index (κ1) is 21.5. The largest absolute Gasteiger partial charge is 0.494 e. The lowest BCUT2D eigenvalue weighted by Crippen LogP contribution is -2.15. The van der Waals surface area contributed by atoms with Gasteiger partial charge in [-0.2, -0.15) is 13.2 Å². The fourth-order valence-corrected chi connectivity index (χ4v) is 3.02. The van der Waals surface area contributed by atoms with Crippen molar-refractivity contribution in [3.8, 4) is 5.75 Å². The van der Waals surface area contributed by atoms with Crippen molar-refractivity contribution in [2.45, 2.75) is 32.0 Å². The van der Waals surface area contributed by atoms with Crippen LogP contribution >= 0.6 is 0 Å². The molecule has 2 aromatic carbocycles. The van der Waals surface area contributed by atoms with Crippen LogP contribution in [0.3, 0.4) is 0 Å². The summed E-state index contributed by atoms with van der Waals surface area (Å²) in [6, 6.07) is 16.2. The summed E-state index contributed by atoms with van der Waals surface area (Å²) in [5, 5.41) is 12.4. The zero-order valence-electron chi connectivity index (χ0n) is 17.0. The molecule has 2 heterocycles. The van der Waals surface area contributed by atoms with Crippen LogP contribution in [0.15, 0.2) is 60.7 Å². The van der Waals surface area contributed by atoms with Gasteiger partial charge in [-0.3, -0.25) is 0 Å². The van der Waals surface area contributed by atoms with E-state index in [1.807, 2.05) is 30.3 Å². The van der Waals surface area contributed by atoms with Crippen LogP contribution in [-0.2, 0) is 19.2 Å². The number of aryl methyl sites for hydroxylation is 1. The number of halogens is 3. The monoisotopic (exact) mass is 443 g/mol. The number of alkyl halides is 3. The minimum atomic E-state index is -4.39. The maximum absolute atomic E-state index is 12.8. The molecule has 0 amide bonds. The smallest absolute Gasteiger partial charge is 0.416 e. The highest BCUT2D eigenvalue weighted by Gasteiger charge is 2.30. The number of hydrogen-bond donors (Lipinski definition) is 0. The average molecular weight is 443 g/mol. The van der Waals surface area contributed by atoms with Gasteiger partial charge < -0.3 is 9.57 Å². The van der Waals surface area contributed by atoms with Gasteiger partial charge in [-0.05, 0) is 54.5 Å². The molecule has 2 aromatic heterocycles. The maximum atomic E-state index is 12.8. The van der Waals surface area contributed by atoms with E-state index in [0.29, 0.717) is 35.4 Å². The van der Waals surface area contributed by atoms with Crippen molar-refractivity contribution < 1.29 is 22.7 Å². The number of pyridine rings is 1. The Kier molecular flexibility index (Phi) is 6.48. The van der Waals surface area contributed by atoms with Gasteiger partial charge in [0.15, 0.2) is 12.4 Å². The SMILES string of the molecule is FC(F)(F)c1ccc2nc(COn3nnc(CCCCOc4ccccc4)n3)ccc2c1. The molecule has 32 heavy (non-hydrogen) atoms. The molecule has 166 valence electrons. The summed E-state index contributed by atoms with van der Waals surface area (Å²) in [6.45, 7) is 0.657. The first-order chi connectivity index (χ1) is 15.5. The van der Waals surface area contributed by atoms with Gasteiger partial charge in [-0.25, -0.2) is 4.98 Å². The van der Waals surface area contributed by atoms with Gasteiger partial charge in [-0.1, -0.05) is 29.4 Å². The molecule has 0 spiro atoms. The van der Waals surface area contributed by atoms with Crippen molar-refractivity contribution in [3.05, 3.63) is 77.7 Å². The lowest BCUT2D eigenvalue weighted by molar-refractivity contribution is -0.137. The summed E-state index contributed by atoms with van der Waals surface area (Å²) in [7, 11) is 0. The first-order valence-electron chi connectivity index (χ1n) is 10.0. The second-order valence-electron chi connectivity index (χ2n) is 7.06. The molecule has 0 fully saturated rings. The van der Waals surface area contributed by atoms with Crippen LogP contribution in [0.5, 0.6) is 5.75 Å². The summed E-state index contributed by atoms with van der Waals surface area (Å²) >= 11 is 0. The molecule has 0 saturated heterocycles. The van der Waals surface area contributed by atoms with E-state index < -0.39 is 11.7 Å². The van der Waals surface area contributed by atoms with Crippen LogP contribution in [0, 0.1) is 0 Å². The minimum absolute atomic E-state index is 0.0533. The normalized spacial score (nSPS) is 11.6. The van der Waals surface area contributed by atoms with Crippen LogP contribution in [0.25, 0.3) is 10.9 Å². The van der Waals surface area contributed by atoms with Gasteiger partial charge in [0.2, 0.25) is 0 Å². The topological polar surface area (TPSA) is 75.0 Å². The summed E-state index contributed by atoms with van der Waals surface area (Å²) in [4.78, 5) is 10.8. The Morgan fingerprint density at radius 1 is 0.938 bits per heavy atom. The van der Waals surface area contributed by atoms with Crippen molar-refractivity contribution in [1.82, 2.24) is 25.4 Å².